The van der Waals surface area contributed by atoms with Crippen LogP contribution in [0.5, 0.6) is 0 Å². The first kappa shape index (κ1) is 20.6. The van der Waals surface area contributed by atoms with E-state index in [1.54, 1.807) is 6.08 Å². The van der Waals surface area contributed by atoms with Crippen LogP contribution in [0.25, 0.3) is 11.3 Å². The van der Waals surface area contributed by atoms with E-state index < -0.39 is 26.9 Å². The third kappa shape index (κ3) is 4.13. The number of methoxy groups -OCH3 is 1. The Balaban J connectivity index is 2.09. The van der Waals surface area contributed by atoms with Gasteiger partial charge in [-0.3, -0.25) is 0 Å². The Morgan fingerprint density at radius 3 is 2.36 bits per heavy atom. The molecule has 1 aliphatic carbocycles. The van der Waals surface area contributed by atoms with Gasteiger partial charge in [-0.1, -0.05) is 23.8 Å². The summed E-state index contributed by atoms with van der Waals surface area (Å²) in [6.45, 7) is 0. The van der Waals surface area contributed by atoms with Gasteiger partial charge in [-0.25, -0.2) is 18.1 Å². The monoisotopic (exact) mass is 433 g/mol. The molecule has 6 nitrogen and oxygen atoms in total. The van der Waals surface area contributed by atoms with Crippen molar-refractivity contribution in [3.8, 4) is 5.69 Å². The molecule has 1 aliphatic rings. The molecule has 0 amide bonds. The zero-order valence-electron chi connectivity index (χ0n) is 14.7. The Morgan fingerprint density at radius 2 is 1.89 bits per heavy atom. The van der Waals surface area contributed by atoms with Crippen molar-refractivity contribution < 1.29 is 26.3 Å². The summed E-state index contributed by atoms with van der Waals surface area (Å²) in [5.74, 6) is -1.36. The van der Waals surface area contributed by atoms with Crippen LogP contribution < -0.4 is 0 Å². The number of allylic oxidation sites excluding steroid dienone is 2. The van der Waals surface area contributed by atoms with Gasteiger partial charge in [-0.15, -0.1) is 5.10 Å². The molecular weight excluding hydrogens is 419 g/mol. The van der Waals surface area contributed by atoms with E-state index in [1.165, 1.54) is 43.5 Å². The predicted octanol–water partition coefficient (Wildman–Crippen LogP) is 3.61. The van der Waals surface area contributed by atoms with E-state index in [4.69, 9.17) is 16.3 Å². The number of nitrogens with zero attached hydrogens (tertiary/aromatic N) is 3. The smallest absolute Gasteiger partial charge is 0.359 e. The normalized spacial score (nSPS) is 20.3. The highest BCUT2D eigenvalue weighted by Gasteiger charge is 2.38. The van der Waals surface area contributed by atoms with Crippen LogP contribution in [0.2, 0.25) is 0 Å². The van der Waals surface area contributed by atoms with Gasteiger partial charge in [0.05, 0.1) is 10.6 Å². The lowest BCUT2D eigenvalue weighted by atomic mass is 10.0. The third-order valence-electron chi connectivity index (χ3n) is 4.08. The Morgan fingerprint density at radius 1 is 1.25 bits per heavy atom. The summed E-state index contributed by atoms with van der Waals surface area (Å²) in [4.78, 5) is 3.67. The lowest BCUT2D eigenvalue weighted by Gasteiger charge is -2.23. The maximum absolute atomic E-state index is 13.2. The van der Waals surface area contributed by atoms with Crippen molar-refractivity contribution in [2.75, 3.05) is 13.4 Å². The van der Waals surface area contributed by atoms with E-state index in [9.17, 15) is 21.6 Å². The molecule has 0 N–H and O–H groups in total. The molecule has 0 bridgehead atoms. The van der Waals surface area contributed by atoms with Crippen molar-refractivity contribution in [2.45, 2.75) is 22.6 Å². The summed E-state index contributed by atoms with van der Waals surface area (Å²) in [5.41, 5.74) is 0.609. The SMILES string of the molecule is COC1(Cl)C=CC(c2nc(C(F)(F)F)nn2-c2ccc(S(C)(=O)=O)cc2)=CC1. The highest BCUT2D eigenvalue weighted by atomic mass is 35.5. The number of hydrogen-bond donors (Lipinski definition) is 0. The first-order valence-corrected chi connectivity index (χ1v) is 10.2. The molecule has 0 radical (unpaired) electrons. The predicted molar refractivity (Wildman–Crippen MR) is 96.8 cm³/mol. The molecule has 3 rings (SSSR count). The van der Waals surface area contributed by atoms with E-state index in [2.05, 4.69) is 10.1 Å². The molecule has 0 fully saturated rings. The van der Waals surface area contributed by atoms with Crippen LogP contribution in [0.15, 0.2) is 47.4 Å². The molecule has 2 aromatic rings. The summed E-state index contributed by atoms with van der Waals surface area (Å²) < 4.78 is 68.8. The number of sulfone groups is 1. The first-order valence-electron chi connectivity index (χ1n) is 7.91. The number of halogens is 4. The summed E-state index contributed by atoms with van der Waals surface area (Å²) in [6, 6.07) is 5.32. The Hall–Kier alpha value is -2.17. The molecule has 0 saturated heterocycles. The highest BCUT2D eigenvalue weighted by molar-refractivity contribution is 7.90. The fourth-order valence-corrected chi connectivity index (χ4v) is 3.32. The van der Waals surface area contributed by atoms with Crippen molar-refractivity contribution in [1.29, 1.82) is 0 Å². The fraction of sp³-hybridized carbons (Fsp3) is 0.294. The molecule has 0 spiro atoms. The van der Waals surface area contributed by atoms with Crippen molar-refractivity contribution in [3.63, 3.8) is 0 Å². The van der Waals surface area contributed by atoms with Crippen molar-refractivity contribution >= 4 is 27.0 Å². The zero-order valence-corrected chi connectivity index (χ0v) is 16.3. The van der Waals surface area contributed by atoms with E-state index >= 15 is 0 Å². The average molecular weight is 434 g/mol. The minimum absolute atomic E-state index is 0.0396. The molecule has 0 saturated carbocycles. The number of aromatic nitrogens is 3. The van der Waals surface area contributed by atoms with Crippen LogP contribution in [0, 0.1) is 0 Å². The molecule has 1 aromatic heterocycles. The van der Waals surface area contributed by atoms with Gasteiger partial charge < -0.3 is 4.74 Å². The largest absolute Gasteiger partial charge is 0.453 e. The average Bonchev–Trinajstić information content (AvgIpc) is 3.07. The van der Waals surface area contributed by atoms with Crippen LogP contribution in [0.3, 0.4) is 0 Å². The second kappa shape index (κ2) is 7.02. The van der Waals surface area contributed by atoms with Gasteiger partial charge >= 0.3 is 6.18 Å². The van der Waals surface area contributed by atoms with E-state index in [-0.39, 0.29) is 22.8 Å². The summed E-state index contributed by atoms with van der Waals surface area (Å²) in [7, 11) is -2.02. The molecule has 150 valence electrons. The molecule has 1 heterocycles. The quantitative estimate of drug-likeness (QED) is 0.688. The maximum atomic E-state index is 13.2. The third-order valence-corrected chi connectivity index (χ3v) is 5.64. The zero-order chi connectivity index (χ0) is 20.7. The molecule has 28 heavy (non-hydrogen) atoms. The molecule has 1 unspecified atom stereocenters. The Bertz CT molecular complexity index is 1060. The lowest BCUT2D eigenvalue weighted by Crippen LogP contribution is -2.22. The van der Waals surface area contributed by atoms with Crippen molar-refractivity contribution in [2.24, 2.45) is 0 Å². The summed E-state index contributed by atoms with van der Waals surface area (Å²) in [6.07, 6.45) is 1.14. The second-order valence-electron chi connectivity index (χ2n) is 6.12. The highest BCUT2D eigenvalue weighted by Crippen LogP contribution is 2.34. The topological polar surface area (TPSA) is 74.1 Å². The van der Waals surface area contributed by atoms with E-state index in [0.29, 0.717) is 5.57 Å². The van der Waals surface area contributed by atoms with Crippen LogP contribution in [-0.2, 0) is 20.8 Å². The number of alkyl halides is 4. The van der Waals surface area contributed by atoms with Gasteiger partial charge in [0.25, 0.3) is 5.82 Å². The number of rotatable bonds is 4. The standard InChI is InChI=1S/C17H15ClF3N3O3S/c1-27-16(18)9-7-11(8-10-16)14-22-15(17(19,20)21)23-24(14)12-3-5-13(6-4-12)28(2,25)26/h3-9H,10H2,1-2H3. The van der Waals surface area contributed by atoms with Gasteiger partial charge in [0.15, 0.2) is 20.7 Å². The Kier molecular flexibility index (Phi) is 5.15. The van der Waals surface area contributed by atoms with Gasteiger partial charge in [0, 0.05) is 25.4 Å². The maximum Gasteiger partial charge on any atom is 0.453 e. The fourth-order valence-electron chi connectivity index (χ4n) is 2.55. The first-order chi connectivity index (χ1) is 12.9. The minimum Gasteiger partial charge on any atom is -0.359 e. The van der Waals surface area contributed by atoms with E-state index in [1.807, 2.05) is 0 Å². The molecular formula is C17H15ClF3N3O3S. The number of hydrogen-bond acceptors (Lipinski definition) is 5. The lowest BCUT2D eigenvalue weighted by molar-refractivity contribution is -0.144. The van der Waals surface area contributed by atoms with Gasteiger partial charge in [0.1, 0.15) is 0 Å². The van der Waals surface area contributed by atoms with Crippen LogP contribution in [0.4, 0.5) is 13.2 Å². The van der Waals surface area contributed by atoms with Crippen LogP contribution in [-0.4, -0.2) is 41.6 Å². The van der Waals surface area contributed by atoms with E-state index in [0.717, 1.165) is 10.9 Å². The molecule has 11 heteroatoms. The number of ether oxygens (including phenoxy) is 1. The van der Waals surface area contributed by atoms with Gasteiger partial charge in [0.2, 0.25) is 0 Å². The molecule has 0 aliphatic heterocycles. The van der Waals surface area contributed by atoms with Crippen LogP contribution in [0.1, 0.15) is 18.1 Å². The number of benzene rings is 1. The minimum atomic E-state index is -4.74. The van der Waals surface area contributed by atoms with Crippen LogP contribution >= 0.6 is 11.6 Å². The summed E-state index contributed by atoms with van der Waals surface area (Å²) in [5, 5.41) is 2.50. The molecule has 1 atom stereocenters. The summed E-state index contributed by atoms with van der Waals surface area (Å²) >= 11 is 6.17. The van der Waals surface area contributed by atoms with Gasteiger partial charge in [-0.2, -0.15) is 13.2 Å². The molecule has 1 aromatic carbocycles. The second-order valence-corrected chi connectivity index (χ2v) is 8.78. The van der Waals surface area contributed by atoms with Crippen molar-refractivity contribution in [3.05, 3.63) is 54.1 Å². The Labute approximate surface area is 164 Å². The van der Waals surface area contributed by atoms with Crippen molar-refractivity contribution in [1.82, 2.24) is 14.8 Å². The van der Waals surface area contributed by atoms with Gasteiger partial charge in [-0.05, 0) is 30.3 Å².